The molecule has 1 atom stereocenters. The number of aryl methyl sites for hydroxylation is 1. The van der Waals surface area contributed by atoms with Crippen molar-refractivity contribution in [2.24, 2.45) is 11.1 Å². The molecule has 0 saturated carbocycles. The van der Waals surface area contributed by atoms with Gasteiger partial charge in [-0.1, -0.05) is 38.4 Å². The number of hydrogen-bond acceptors (Lipinski definition) is 5. The van der Waals surface area contributed by atoms with Gasteiger partial charge in [-0.25, -0.2) is 4.98 Å². The first-order valence-corrected chi connectivity index (χ1v) is 10.0. The average molecular weight is 408 g/mol. The first-order chi connectivity index (χ1) is 13.7. The number of nitrogens with zero attached hydrogens (tertiary/aromatic N) is 2. The Morgan fingerprint density at radius 3 is 2.79 bits per heavy atom. The Kier molecular flexibility index (Phi) is 4.63. The van der Waals surface area contributed by atoms with Crippen molar-refractivity contribution < 1.29 is 9.53 Å². The van der Waals surface area contributed by atoms with E-state index in [0.717, 1.165) is 17.3 Å². The molecule has 2 aliphatic rings. The summed E-state index contributed by atoms with van der Waals surface area (Å²) in [5.41, 5.74) is 9.09. The molecule has 2 aromatic rings. The lowest BCUT2D eigenvalue weighted by molar-refractivity contribution is -0.119. The van der Waals surface area contributed by atoms with Gasteiger partial charge in [0.05, 0.1) is 11.4 Å². The Balaban J connectivity index is 1.96. The predicted octanol–water partition coefficient (Wildman–Crippen LogP) is 4.90. The molecule has 0 unspecified atom stereocenters. The number of carbonyl (C=O) groups is 1. The fraction of sp³-hybridized carbons (Fsp3) is 0.348. The summed E-state index contributed by atoms with van der Waals surface area (Å²) < 4.78 is 5.75. The molecule has 0 bridgehead atoms. The van der Waals surface area contributed by atoms with Crippen molar-refractivity contribution in [1.82, 2.24) is 4.98 Å². The quantitative estimate of drug-likeness (QED) is 0.715. The van der Waals surface area contributed by atoms with E-state index >= 15 is 0 Å². The van der Waals surface area contributed by atoms with Crippen LogP contribution in [0.1, 0.15) is 50.7 Å². The van der Waals surface area contributed by atoms with Crippen LogP contribution in [0.25, 0.3) is 10.9 Å². The van der Waals surface area contributed by atoms with Crippen molar-refractivity contribution in [1.29, 1.82) is 5.26 Å². The largest absolute Gasteiger partial charge is 0.444 e. The van der Waals surface area contributed by atoms with Crippen LogP contribution in [0.2, 0.25) is 5.15 Å². The average Bonchev–Trinajstić information content (AvgIpc) is 2.65. The first-order valence-electron chi connectivity index (χ1n) is 9.67. The highest BCUT2D eigenvalue weighted by Crippen LogP contribution is 2.49. The smallest absolute Gasteiger partial charge is 0.205 e. The van der Waals surface area contributed by atoms with Crippen molar-refractivity contribution in [3.8, 4) is 6.07 Å². The lowest BCUT2D eigenvalue weighted by Crippen LogP contribution is -2.33. The summed E-state index contributed by atoms with van der Waals surface area (Å²) in [6, 6.07) is 10.1. The van der Waals surface area contributed by atoms with Crippen molar-refractivity contribution >= 4 is 28.3 Å². The Morgan fingerprint density at radius 1 is 1.34 bits per heavy atom. The third kappa shape index (κ3) is 3.28. The summed E-state index contributed by atoms with van der Waals surface area (Å²) in [7, 11) is 0. The number of ether oxygens (including phenoxy) is 1. The number of halogens is 1. The third-order valence-electron chi connectivity index (χ3n) is 5.65. The van der Waals surface area contributed by atoms with E-state index in [-0.39, 0.29) is 27.8 Å². The predicted molar refractivity (Wildman–Crippen MR) is 112 cm³/mol. The van der Waals surface area contributed by atoms with Gasteiger partial charge in [-0.2, -0.15) is 5.26 Å². The van der Waals surface area contributed by atoms with Gasteiger partial charge in [0.1, 0.15) is 22.6 Å². The third-order valence-corrected chi connectivity index (χ3v) is 5.96. The van der Waals surface area contributed by atoms with Gasteiger partial charge in [-0.3, -0.25) is 4.79 Å². The van der Waals surface area contributed by atoms with Crippen molar-refractivity contribution in [3.05, 3.63) is 63.3 Å². The van der Waals surface area contributed by atoms with Gasteiger partial charge in [0.2, 0.25) is 5.88 Å². The van der Waals surface area contributed by atoms with Gasteiger partial charge >= 0.3 is 0 Å². The van der Waals surface area contributed by atoms with Gasteiger partial charge in [-0.15, -0.1) is 0 Å². The number of benzene rings is 1. The summed E-state index contributed by atoms with van der Waals surface area (Å²) in [5.74, 6) is -0.145. The first kappa shape index (κ1) is 19.5. The number of rotatable bonds is 2. The Labute approximate surface area is 174 Å². The number of aromatic nitrogens is 1. The van der Waals surface area contributed by atoms with E-state index in [1.54, 1.807) is 0 Å². The van der Waals surface area contributed by atoms with Gasteiger partial charge in [-0.05, 0) is 35.6 Å². The minimum atomic E-state index is -0.665. The van der Waals surface area contributed by atoms with Crippen LogP contribution in [-0.2, 0) is 16.0 Å². The van der Waals surface area contributed by atoms with E-state index in [9.17, 15) is 10.1 Å². The topological polar surface area (TPSA) is 89.0 Å². The van der Waals surface area contributed by atoms with Crippen LogP contribution in [0.15, 0.2) is 47.1 Å². The standard InChI is InChI=1S/C23H22ClN3O2/c1-4-12-5-6-16-13(7-12)8-14(21(24)27-16)19-15(11-25)22(26)29-18-10-23(2,3)9-17(28)20(18)19/h5-8,19H,4,9-10,26H2,1-3H3/t19-/m0/s1. The number of fused-ring (bicyclic) bond motifs is 1. The molecule has 1 aliphatic carbocycles. The molecule has 1 aromatic carbocycles. The Morgan fingerprint density at radius 2 is 2.10 bits per heavy atom. The maximum absolute atomic E-state index is 13.1. The van der Waals surface area contributed by atoms with Crippen molar-refractivity contribution in [3.63, 3.8) is 0 Å². The fourth-order valence-corrected chi connectivity index (χ4v) is 4.49. The van der Waals surface area contributed by atoms with Crippen LogP contribution in [0.3, 0.4) is 0 Å². The maximum Gasteiger partial charge on any atom is 0.205 e. The van der Waals surface area contributed by atoms with E-state index in [2.05, 4.69) is 24.0 Å². The summed E-state index contributed by atoms with van der Waals surface area (Å²) in [4.78, 5) is 17.6. The molecule has 6 heteroatoms. The van der Waals surface area contributed by atoms with Crippen molar-refractivity contribution in [2.75, 3.05) is 0 Å². The summed E-state index contributed by atoms with van der Waals surface area (Å²) in [5, 5.41) is 11.0. The number of ketones is 1. The van der Waals surface area contributed by atoms with Crippen LogP contribution in [0.5, 0.6) is 0 Å². The summed E-state index contributed by atoms with van der Waals surface area (Å²) in [6.45, 7) is 6.12. The van der Waals surface area contributed by atoms with Crippen LogP contribution in [0.4, 0.5) is 0 Å². The van der Waals surface area contributed by atoms with Gasteiger partial charge < -0.3 is 10.5 Å². The van der Waals surface area contributed by atoms with E-state index in [4.69, 9.17) is 22.1 Å². The van der Waals surface area contributed by atoms with Crippen LogP contribution < -0.4 is 5.73 Å². The second-order valence-corrected chi connectivity index (χ2v) is 8.81. The minimum absolute atomic E-state index is 0.0280. The SMILES string of the molecule is CCc1ccc2nc(Cl)c([C@H]3C(C#N)=C(N)OC4=C3C(=O)CC(C)(C)C4)cc2c1. The molecule has 2 heterocycles. The number of nitriles is 1. The molecule has 0 fully saturated rings. The number of pyridine rings is 1. The lowest BCUT2D eigenvalue weighted by Gasteiger charge is -2.37. The molecule has 1 aliphatic heterocycles. The second kappa shape index (κ2) is 6.89. The zero-order chi connectivity index (χ0) is 20.9. The van der Waals surface area contributed by atoms with E-state index < -0.39 is 5.92 Å². The van der Waals surface area contributed by atoms with Crippen LogP contribution in [-0.4, -0.2) is 10.8 Å². The fourth-order valence-electron chi connectivity index (χ4n) is 4.24. The maximum atomic E-state index is 13.1. The number of nitrogens with two attached hydrogens (primary N) is 1. The molecule has 4 rings (SSSR count). The molecule has 0 spiro atoms. The van der Waals surface area contributed by atoms with Gasteiger partial charge in [0.15, 0.2) is 5.78 Å². The van der Waals surface area contributed by atoms with Gasteiger partial charge in [0, 0.05) is 29.4 Å². The van der Waals surface area contributed by atoms with Crippen LogP contribution >= 0.6 is 11.6 Å². The molecular weight excluding hydrogens is 386 g/mol. The van der Waals surface area contributed by atoms with E-state index in [1.165, 1.54) is 5.56 Å². The number of allylic oxidation sites excluding steroid dienone is 3. The highest BCUT2D eigenvalue weighted by molar-refractivity contribution is 6.31. The molecule has 2 N–H and O–H groups in total. The van der Waals surface area contributed by atoms with E-state index in [0.29, 0.717) is 29.7 Å². The minimum Gasteiger partial charge on any atom is -0.444 e. The second-order valence-electron chi connectivity index (χ2n) is 8.45. The normalized spacial score (nSPS) is 21.1. The molecule has 0 amide bonds. The number of Topliss-reactive ketones (excluding diaryl/α,β-unsaturated/α-hetero) is 1. The zero-order valence-electron chi connectivity index (χ0n) is 16.7. The zero-order valence-corrected chi connectivity index (χ0v) is 17.4. The molecule has 0 saturated heterocycles. The Bertz CT molecular complexity index is 1150. The number of carbonyl (C=O) groups excluding carboxylic acids is 1. The molecule has 1 aromatic heterocycles. The summed E-state index contributed by atoms with van der Waals surface area (Å²) in [6.07, 6.45) is 1.84. The molecule has 148 valence electrons. The highest BCUT2D eigenvalue weighted by atomic mass is 35.5. The molecule has 29 heavy (non-hydrogen) atoms. The lowest BCUT2D eigenvalue weighted by atomic mass is 9.70. The van der Waals surface area contributed by atoms with Crippen LogP contribution in [0, 0.1) is 16.7 Å². The van der Waals surface area contributed by atoms with Gasteiger partial charge in [0.25, 0.3) is 0 Å². The number of hydrogen-bond donors (Lipinski definition) is 1. The molecule has 5 nitrogen and oxygen atoms in total. The Hall–Kier alpha value is -2.84. The summed E-state index contributed by atoms with van der Waals surface area (Å²) >= 11 is 6.56. The van der Waals surface area contributed by atoms with Crippen molar-refractivity contribution in [2.45, 2.75) is 46.0 Å². The highest BCUT2D eigenvalue weighted by Gasteiger charge is 2.43. The monoisotopic (exact) mass is 407 g/mol. The molecule has 0 radical (unpaired) electrons. The van der Waals surface area contributed by atoms with E-state index in [1.807, 2.05) is 32.0 Å². The molecular formula is C23H22ClN3O2.